The molecule has 142 valence electrons. The van der Waals surface area contributed by atoms with E-state index < -0.39 is 0 Å². The van der Waals surface area contributed by atoms with Gasteiger partial charge in [0, 0.05) is 26.2 Å². The third-order valence-corrected chi connectivity index (χ3v) is 5.67. The Morgan fingerprint density at radius 1 is 1.40 bits per heavy atom. The third-order valence-electron chi connectivity index (χ3n) is 4.81. The molecule has 25 heavy (non-hydrogen) atoms. The Morgan fingerprint density at radius 3 is 2.72 bits per heavy atom. The normalized spacial score (nSPS) is 18.6. The van der Waals surface area contributed by atoms with E-state index in [2.05, 4.69) is 13.8 Å². The van der Waals surface area contributed by atoms with Crippen molar-refractivity contribution in [3.05, 3.63) is 22.4 Å². The first-order valence-electron chi connectivity index (χ1n) is 8.77. The van der Waals surface area contributed by atoms with Crippen molar-refractivity contribution in [3.8, 4) is 0 Å². The minimum absolute atomic E-state index is 0. The molecular formula is C18H30ClN3O2S. The number of rotatable bonds is 6. The van der Waals surface area contributed by atoms with Gasteiger partial charge in [-0.1, -0.05) is 19.9 Å². The summed E-state index contributed by atoms with van der Waals surface area (Å²) in [5.41, 5.74) is 6.08. The van der Waals surface area contributed by atoms with Gasteiger partial charge in [0.2, 0.25) is 5.91 Å². The average molecular weight is 388 g/mol. The summed E-state index contributed by atoms with van der Waals surface area (Å²) in [6.45, 7) is 5.48. The highest BCUT2D eigenvalue weighted by Gasteiger charge is 2.34. The van der Waals surface area contributed by atoms with Crippen molar-refractivity contribution in [2.75, 3.05) is 20.1 Å². The van der Waals surface area contributed by atoms with Gasteiger partial charge in [-0.2, -0.15) is 0 Å². The van der Waals surface area contributed by atoms with Crippen molar-refractivity contribution in [2.24, 2.45) is 11.7 Å². The quantitative estimate of drug-likeness (QED) is 0.815. The molecule has 7 heteroatoms. The van der Waals surface area contributed by atoms with E-state index in [1.165, 1.54) is 11.3 Å². The van der Waals surface area contributed by atoms with E-state index in [1.54, 1.807) is 9.80 Å². The van der Waals surface area contributed by atoms with Gasteiger partial charge in [-0.15, -0.1) is 23.7 Å². The molecule has 0 aliphatic carbocycles. The van der Waals surface area contributed by atoms with Crippen molar-refractivity contribution in [1.82, 2.24) is 9.80 Å². The summed E-state index contributed by atoms with van der Waals surface area (Å²) in [6.07, 6.45) is 3.48. The summed E-state index contributed by atoms with van der Waals surface area (Å²) in [6, 6.07) is 3.45. The highest BCUT2D eigenvalue weighted by Crippen LogP contribution is 2.23. The standard InChI is InChI=1S/C18H29N3O2S.ClH/c1-13(2)14(19)9-11-20(3)17(22)15-7-4-5-10-21(15)18(23)16-8-6-12-24-16;/h6,8,12-15H,4-5,7,9-11,19H2,1-3H3;1H. The molecule has 0 radical (unpaired) electrons. The number of carbonyl (C=O) groups excluding carboxylic acids is 2. The molecule has 0 aromatic carbocycles. The van der Waals surface area contributed by atoms with Crippen LogP contribution in [0.5, 0.6) is 0 Å². The molecule has 2 unspecified atom stereocenters. The zero-order valence-corrected chi connectivity index (χ0v) is 16.9. The fourth-order valence-electron chi connectivity index (χ4n) is 3.01. The van der Waals surface area contributed by atoms with E-state index in [-0.39, 0.29) is 36.3 Å². The molecule has 2 heterocycles. The van der Waals surface area contributed by atoms with Gasteiger partial charge in [0.05, 0.1) is 4.88 Å². The van der Waals surface area contributed by atoms with Crippen molar-refractivity contribution in [1.29, 1.82) is 0 Å². The van der Waals surface area contributed by atoms with Crippen LogP contribution in [0.2, 0.25) is 0 Å². The Kier molecular flexibility index (Phi) is 8.89. The lowest BCUT2D eigenvalue weighted by Crippen LogP contribution is -2.52. The number of thiophene rings is 1. The minimum atomic E-state index is -0.339. The number of nitrogens with two attached hydrogens (primary N) is 1. The summed E-state index contributed by atoms with van der Waals surface area (Å²) in [5.74, 6) is 0.422. The summed E-state index contributed by atoms with van der Waals surface area (Å²) in [5, 5.41) is 1.90. The number of amides is 2. The second-order valence-corrected chi connectivity index (χ2v) is 7.89. The Labute approximate surface area is 161 Å². The maximum Gasteiger partial charge on any atom is 0.264 e. The molecule has 1 fully saturated rings. The number of likely N-dealkylation sites (tertiary alicyclic amines) is 1. The van der Waals surface area contributed by atoms with Crippen molar-refractivity contribution in [2.45, 2.75) is 51.6 Å². The average Bonchev–Trinajstić information content (AvgIpc) is 3.12. The maximum absolute atomic E-state index is 12.9. The molecule has 0 bridgehead atoms. The minimum Gasteiger partial charge on any atom is -0.344 e. The van der Waals surface area contributed by atoms with Gasteiger partial charge in [0.1, 0.15) is 6.04 Å². The predicted octanol–water partition coefficient (Wildman–Crippen LogP) is 3.00. The number of hydrogen-bond acceptors (Lipinski definition) is 4. The first-order chi connectivity index (χ1) is 11.4. The van der Waals surface area contributed by atoms with Gasteiger partial charge >= 0.3 is 0 Å². The van der Waals surface area contributed by atoms with E-state index in [4.69, 9.17) is 5.73 Å². The Morgan fingerprint density at radius 2 is 2.12 bits per heavy atom. The monoisotopic (exact) mass is 387 g/mol. The van der Waals surface area contributed by atoms with Crippen LogP contribution in [0.15, 0.2) is 17.5 Å². The SMILES string of the molecule is CC(C)C(N)CCN(C)C(=O)C1CCCCN1C(=O)c1cccs1.Cl. The fraction of sp³-hybridized carbons (Fsp3) is 0.667. The van der Waals surface area contributed by atoms with E-state index in [0.29, 0.717) is 23.9 Å². The molecule has 2 atom stereocenters. The number of carbonyl (C=O) groups is 2. The summed E-state index contributed by atoms with van der Waals surface area (Å²) in [7, 11) is 1.82. The van der Waals surface area contributed by atoms with Crippen LogP contribution in [0.1, 0.15) is 49.2 Å². The van der Waals surface area contributed by atoms with Gasteiger partial charge in [0.25, 0.3) is 5.91 Å². The van der Waals surface area contributed by atoms with E-state index in [9.17, 15) is 9.59 Å². The number of piperidine rings is 1. The Hall–Kier alpha value is -1.11. The van der Waals surface area contributed by atoms with Crippen LogP contribution in [0.25, 0.3) is 0 Å². The van der Waals surface area contributed by atoms with Crippen molar-refractivity contribution < 1.29 is 9.59 Å². The van der Waals surface area contributed by atoms with Crippen LogP contribution in [0.3, 0.4) is 0 Å². The van der Waals surface area contributed by atoms with Crippen molar-refractivity contribution >= 4 is 35.6 Å². The topological polar surface area (TPSA) is 66.6 Å². The third kappa shape index (κ3) is 5.69. The van der Waals surface area contributed by atoms with Gasteiger partial charge in [0.15, 0.2) is 0 Å². The zero-order chi connectivity index (χ0) is 17.7. The molecular weight excluding hydrogens is 358 g/mol. The first-order valence-corrected chi connectivity index (χ1v) is 9.64. The van der Waals surface area contributed by atoms with Gasteiger partial charge in [-0.25, -0.2) is 0 Å². The van der Waals surface area contributed by atoms with Gasteiger partial charge in [-0.3, -0.25) is 9.59 Å². The maximum atomic E-state index is 12.9. The number of hydrogen-bond donors (Lipinski definition) is 1. The van der Waals surface area contributed by atoms with E-state index in [1.807, 2.05) is 24.6 Å². The lowest BCUT2D eigenvalue weighted by molar-refractivity contribution is -0.136. The molecule has 1 aliphatic rings. The van der Waals surface area contributed by atoms with Crippen LogP contribution in [0.4, 0.5) is 0 Å². The Balaban J connectivity index is 0.00000312. The number of nitrogens with zero attached hydrogens (tertiary/aromatic N) is 2. The molecule has 2 amide bonds. The highest BCUT2D eigenvalue weighted by molar-refractivity contribution is 7.12. The van der Waals surface area contributed by atoms with Crippen LogP contribution < -0.4 is 5.73 Å². The predicted molar refractivity (Wildman–Crippen MR) is 105 cm³/mol. The van der Waals surface area contributed by atoms with Crippen LogP contribution in [0, 0.1) is 5.92 Å². The molecule has 2 N–H and O–H groups in total. The lowest BCUT2D eigenvalue weighted by atomic mass is 9.99. The van der Waals surface area contributed by atoms with E-state index in [0.717, 1.165) is 25.7 Å². The molecule has 5 nitrogen and oxygen atoms in total. The van der Waals surface area contributed by atoms with Crippen LogP contribution in [-0.4, -0.2) is 53.8 Å². The zero-order valence-electron chi connectivity index (χ0n) is 15.3. The summed E-state index contributed by atoms with van der Waals surface area (Å²) < 4.78 is 0. The molecule has 2 rings (SSSR count). The van der Waals surface area contributed by atoms with Crippen LogP contribution >= 0.6 is 23.7 Å². The lowest BCUT2D eigenvalue weighted by Gasteiger charge is -2.36. The number of likely N-dealkylation sites (N-methyl/N-ethyl adjacent to an activating group) is 1. The molecule has 0 saturated carbocycles. The van der Waals surface area contributed by atoms with Crippen LogP contribution in [-0.2, 0) is 4.79 Å². The van der Waals surface area contributed by atoms with Gasteiger partial charge in [-0.05, 0) is 43.0 Å². The second-order valence-electron chi connectivity index (χ2n) is 6.94. The summed E-state index contributed by atoms with van der Waals surface area (Å²) in [4.78, 5) is 29.8. The number of halogens is 1. The molecule has 1 aromatic heterocycles. The smallest absolute Gasteiger partial charge is 0.264 e. The molecule has 1 saturated heterocycles. The Bertz CT molecular complexity index is 551. The van der Waals surface area contributed by atoms with Gasteiger partial charge < -0.3 is 15.5 Å². The molecule has 1 aromatic rings. The highest BCUT2D eigenvalue weighted by atomic mass is 35.5. The fourth-order valence-corrected chi connectivity index (χ4v) is 3.69. The first kappa shape index (κ1) is 21.9. The largest absolute Gasteiger partial charge is 0.344 e. The second kappa shape index (κ2) is 10.1. The summed E-state index contributed by atoms with van der Waals surface area (Å²) >= 11 is 1.43. The molecule has 0 spiro atoms. The molecule has 1 aliphatic heterocycles. The van der Waals surface area contributed by atoms with Crippen molar-refractivity contribution in [3.63, 3.8) is 0 Å². The van der Waals surface area contributed by atoms with E-state index >= 15 is 0 Å².